The predicted molar refractivity (Wildman–Crippen MR) is 80.0 cm³/mol. The van der Waals surface area contributed by atoms with Crippen LogP contribution in [0.2, 0.25) is 0 Å². The molecule has 0 aliphatic heterocycles. The molecule has 1 nitrogen and oxygen atoms in total. The highest BCUT2D eigenvalue weighted by Crippen LogP contribution is 2.04. The third-order valence-corrected chi connectivity index (χ3v) is 3.50. The van der Waals surface area contributed by atoms with E-state index in [1.54, 1.807) is 0 Å². The lowest BCUT2D eigenvalue weighted by Gasteiger charge is -2.01. The van der Waals surface area contributed by atoms with Crippen LogP contribution in [-0.2, 0) is 19.4 Å². The summed E-state index contributed by atoms with van der Waals surface area (Å²) in [4.78, 5) is 0. The van der Waals surface area contributed by atoms with Crippen LogP contribution in [0.25, 0.3) is 0 Å². The topological polar surface area (TPSA) is 3.88 Å². The molecule has 2 aromatic rings. The highest BCUT2D eigenvalue weighted by molar-refractivity contribution is 5.14. The monoisotopic (exact) mass is 254 g/mol. The van der Waals surface area contributed by atoms with Crippen molar-refractivity contribution in [2.75, 3.05) is 0 Å². The minimum atomic E-state index is 1.10. The van der Waals surface area contributed by atoms with E-state index < -0.39 is 0 Å². The predicted octanol–water partition coefficient (Wildman–Crippen LogP) is 3.95. The van der Waals surface area contributed by atoms with Crippen LogP contribution in [0.15, 0.2) is 54.9 Å². The van der Waals surface area contributed by atoms with E-state index in [1.165, 1.54) is 36.8 Å². The molecule has 0 saturated heterocycles. The normalized spacial score (nSPS) is 10.6. The zero-order valence-electron chi connectivity index (χ0n) is 11.9. The molecule has 0 amide bonds. The summed E-state index contributed by atoms with van der Waals surface area (Å²) in [5, 5.41) is 0. The van der Waals surface area contributed by atoms with Crippen molar-refractivity contribution >= 4 is 0 Å². The molecule has 0 spiro atoms. The molecule has 0 radical (unpaired) electrons. The standard InChI is InChI=1S/C18H24N/c1-2-3-8-18-12-15-19(16-13-18)14-7-11-17-9-5-4-6-10-17/h4-6,9-10,12-13,15-16H,2-3,7-8,11,14H2,1H3/q+1. The largest absolute Gasteiger partial charge is 0.205 e. The summed E-state index contributed by atoms with van der Waals surface area (Å²) in [6.07, 6.45) is 10.6. The summed E-state index contributed by atoms with van der Waals surface area (Å²) >= 11 is 0. The fraction of sp³-hybridized carbons (Fsp3) is 0.389. The van der Waals surface area contributed by atoms with Crippen molar-refractivity contribution in [1.29, 1.82) is 0 Å². The van der Waals surface area contributed by atoms with Crippen molar-refractivity contribution in [2.24, 2.45) is 0 Å². The maximum atomic E-state index is 2.29. The quantitative estimate of drug-likeness (QED) is 0.659. The Kier molecular flexibility index (Phi) is 5.61. The Bertz CT molecular complexity index is 459. The summed E-state index contributed by atoms with van der Waals surface area (Å²) < 4.78 is 2.29. The van der Waals surface area contributed by atoms with Gasteiger partial charge >= 0.3 is 0 Å². The molecule has 1 aromatic heterocycles. The third-order valence-electron chi connectivity index (χ3n) is 3.50. The number of hydrogen-bond acceptors (Lipinski definition) is 0. The summed E-state index contributed by atoms with van der Waals surface area (Å²) in [6, 6.07) is 15.2. The van der Waals surface area contributed by atoms with Gasteiger partial charge < -0.3 is 0 Å². The van der Waals surface area contributed by atoms with Gasteiger partial charge in [0.15, 0.2) is 12.4 Å². The molecule has 0 aliphatic rings. The SMILES string of the molecule is CCCCc1cc[n+](CCCc2ccccc2)cc1. The Hall–Kier alpha value is -1.63. The number of hydrogen-bond donors (Lipinski definition) is 0. The molecule has 1 heterocycles. The second-order valence-corrected chi connectivity index (χ2v) is 5.14. The van der Waals surface area contributed by atoms with E-state index in [1.807, 2.05) is 0 Å². The van der Waals surface area contributed by atoms with Crippen LogP contribution in [0, 0.1) is 0 Å². The first-order valence-electron chi connectivity index (χ1n) is 7.40. The molecule has 0 N–H and O–H groups in total. The molecule has 0 fully saturated rings. The molecule has 0 bridgehead atoms. The van der Waals surface area contributed by atoms with Crippen molar-refractivity contribution in [1.82, 2.24) is 0 Å². The number of benzene rings is 1. The Morgan fingerprint density at radius 3 is 2.11 bits per heavy atom. The molecular weight excluding hydrogens is 230 g/mol. The number of nitrogens with zero attached hydrogens (tertiary/aromatic N) is 1. The van der Waals surface area contributed by atoms with Crippen LogP contribution in [0.1, 0.15) is 37.3 Å². The highest BCUT2D eigenvalue weighted by atomic mass is 14.9. The molecule has 100 valence electrons. The second-order valence-electron chi connectivity index (χ2n) is 5.14. The van der Waals surface area contributed by atoms with Crippen molar-refractivity contribution in [2.45, 2.75) is 45.6 Å². The average molecular weight is 254 g/mol. The number of pyridine rings is 1. The zero-order chi connectivity index (χ0) is 13.3. The van der Waals surface area contributed by atoms with Gasteiger partial charge in [0.05, 0.1) is 0 Å². The zero-order valence-corrected chi connectivity index (χ0v) is 11.9. The Labute approximate surface area is 116 Å². The van der Waals surface area contributed by atoms with E-state index in [4.69, 9.17) is 0 Å². The van der Waals surface area contributed by atoms with Crippen LogP contribution in [-0.4, -0.2) is 0 Å². The van der Waals surface area contributed by atoms with Gasteiger partial charge in [0.1, 0.15) is 6.54 Å². The maximum absolute atomic E-state index is 2.29. The van der Waals surface area contributed by atoms with Crippen LogP contribution in [0.4, 0.5) is 0 Å². The summed E-state index contributed by atoms with van der Waals surface area (Å²) in [6.45, 7) is 3.34. The number of rotatable bonds is 7. The molecule has 0 atom stereocenters. The van der Waals surface area contributed by atoms with Gasteiger partial charge in [0.2, 0.25) is 0 Å². The van der Waals surface area contributed by atoms with E-state index in [9.17, 15) is 0 Å². The first kappa shape index (κ1) is 13.8. The summed E-state index contributed by atoms with van der Waals surface area (Å²) in [5.41, 5.74) is 2.89. The Balaban J connectivity index is 1.77. The molecular formula is C18H24N+. The van der Waals surface area contributed by atoms with Gasteiger partial charge in [-0.25, -0.2) is 4.57 Å². The smallest absolute Gasteiger partial charge is 0.169 e. The van der Waals surface area contributed by atoms with E-state index >= 15 is 0 Å². The molecule has 0 aliphatic carbocycles. The van der Waals surface area contributed by atoms with Gasteiger partial charge in [0.25, 0.3) is 0 Å². The van der Waals surface area contributed by atoms with Crippen LogP contribution in [0.5, 0.6) is 0 Å². The molecule has 2 rings (SSSR count). The Morgan fingerprint density at radius 1 is 0.789 bits per heavy atom. The minimum Gasteiger partial charge on any atom is -0.205 e. The fourth-order valence-corrected chi connectivity index (χ4v) is 2.30. The number of aromatic nitrogens is 1. The number of unbranched alkanes of at least 4 members (excludes halogenated alkanes) is 1. The van der Waals surface area contributed by atoms with Crippen LogP contribution < -0.4 is 4.57 Å². The van der Waals surface area contributed by atoms with Gasteiger partial charge in [-0.15, -0.1) is 0 Å². The van der Waals surface area contributed by atoms with Gasteiger partial charge in [-0.1, -0.05) is 43.7 Å². The van der Waals surface area contributed by atoms with Crippen LogP contribution >= 0.6 is 0 Å². The first-order valence-corrected chi connectivity index (χ1v) is 7.40. The van der Waals surface area contributed by atoms with E-state index in [2.05, 4.69) is 66.3 Å². The fourth-order valence-electron chi connectivity index (χ4n) is 2.30. The van der Waals surface area contributed by atoms with E-state index in [0.717, 1.165) is 13.0 Å². The number of aryl methyl sites for hydroxylation is 3. The van der Waals surface area contributed by atoms with Gasteiger partial charge in [-0.3, -0.25) is 0 Å². The lowest BCUT2D eigenvalue weighted by Crippen LogP contribution is -2.32. The van der Waals surface area contributed by atoms with Crippen molar-refractivity contribution in [3.8, 4) is 0 Å². The van der Waals surface area contributed by atoms with Crippen molar-refractivity contribution < 1.29 is 4.57 Å². The minimum absolute atomic E-state index is 1.10. The Morgan fingerprint density at radius 2 is 1.42 bits per heavy atom. The second kappa shape index (κ2) is 7.73. The van der Waals surface area contributed by atoms with Crippen LogP contribution in [0.3, 0.4) is 0 Å². The summed E-state index contributed by atoms with van der Waals surface area (Å²) in [5.74, 6) is 0. The molecule has 1 heteroatoms. The van der Waals surface area contributed by atoms with E-state index in [0.29, 0.717) is 0 Å². The maximum Gasteiger partial charge on any atom is 0.169 e. The highest BCUT2D eigenvalue weighted by Gasteiger charge is 2.01. The molecule has 19 heavy (non-hydrogen) atoms. The third kappa shape index (κ3) is 4.86. The first-order chi connectivity index (χ1) is 9.38. The lowest BCUT2D eigenvalue weighted by atomic mass is 10.1. The average Bonchev–Trinajstić information content (AvgIpc) is 2.47. The van der Waals surface area contributed by atoms with Gasteiger partial charge in [-0.2, -0.15) is 0 Å². The van der Waals surface area contributed by atoms with Crippen molar-refractivity contribution in [3.63, 3.8) is 0 Å². The lowest BCUT2D eigenvalue weighted by molar-refractivity contribution is -0.697. The van der Waals surface area contributed by atoms with Gasteiger partial charge in [0, 0.05) is 18.6 Å². The van der Waals surface area contributed by atoms with Crippen molar-refractivity contribution in [3.05, 3.63) is 66.0 Å². The summed E-state index contributed by atoms with van der Waals surface area (Å²) in [7, 11) is 0. The molecule has 0 unspecified atom stereocenters. The molecule has 0 saturated carbocycles. The van der Waals surface area contributed by atoms with E-state index in [-0.39, 0.29) is 0 Å². The van der Waals surface area contributed by atoms with Gasteiger partial charge in [-0.05, 0) is 30.4 Å². The molecule has 1 aromatic carbocycles.